The number of anilines is 2. The van der Waals surface area contributed by atoms with E-state index in [1.54, 1.807) is 42.3 Å². The Kier molecular flexibility index (Phi) is 7.30. The molecule has 1 aromatic heterocycles. The average molecular weight is 407 g/mol. The highest BCUT2D eigenvalue weighted by molar-refractivity contribution is 7.89. The molecule has 0 radical (unpaired) electrons. The number of carbonyl (C=O) groups is 1. The van der Waals surface area contributed by atoms with E-state index in [4.69, 9.17) is 5.11 Å². The fourth-order valence-corrected chi connectivity index (χ4v) is 2.99. The number of amides is 2. The molecular weight excluding hydrogens is 382 g/mol. The molecule has 0 saturated heterocycles. The van der Waals surface area contributed by atoms with Crippen LogP contribution in [0.3, 0.4) is 0 Å². The summed E-state index contributed by atoms with van der Waals surface area (Å²) >= 11 is 0. The summed E-state index contributed by atoms with van der Waals surface area (Å²) < 4.78 is 23.3. The summed E-state index contributed by atoms with van der Waals surface area (Å²) in [4.78, 5) is 22.2. The van der Waals surface area contributed by atoms with E-state index in [2.05, 4.69) is 20.6 Å². The second-order valence-electron chi connectivity index (χ2n) is 6.31. The second kappa shape index (κ2) is 9.47. The number of aliphatic hydroxyl groups excluding tert-OH is 1. The molecule has 0 saturated carbocycles. The number of carbonyl (C=O) groups excluding carboxylic acids is 1. The molecule has 152 valence electrons. The lowest BCUT2D eigenvalue weighted by Gasteiger charge is -2.15. The summed E-state index contributed by atoms with van der Waals surface area (Å²) in [6, 6.07) is 8.29. The maximum absolute atomic E-state index is 11.9. The minimum atomic E-state index is -3.26. The van der Waals surface area contributed by atoms with Crippen LogP contribution in [0.15, 0.2) is 30.3 Å². The van der Waals surface area contributed by atoms with Crippen molar-refractivity contribution in [2.75, 3.05) is 43.6 Å². The van der Waals surface area contributed by atoms with Gasteiger partial charge < -0.3 is 20.6 Å². The van der Waals surface area contributed by atoms with Crippen molar-refractivity contribution in [3.63, 3.8) is 0 Å². The van der Waals surface area contributed by atoms with Crippen LogP contribution in [0, 0.1) is 0 Å². The summed E-state index contributed by atoms with van der Waals surface area (Å²) in [5, 5.41) is 14.7. The molecule has 0 fully saturated rings. The summed E-state index contributed by atoms with van der Waals surface area (Å²) in [5.41, 5.74) is 1.65. The lowest BCUT2D eigenvalue weighted by Crippen LogP contribution is -2.30. The van der Waals surface area contributed by atoms with Crippen molar-refractivity contribution in [3.8, 4) is 11.4 Å². The van der Waals surface area contributed by atoms with Crippen LogP contribution in [-0.4, -0.2) is 67.4 Å². The van der Waals surface area contributed by atoms with Gasteiger partial charge in [-0.15, -0.1) is 0 Å². The molecule has 1 heterocycles. The minimum Gasteiger partial charge on any atom is -0.395 e. The Bertz CT molecular complexity index is 916. The second-order valence-corrected chi connectivity index (χ2v) is 8.45. The van der Waals surface area contributed by atoms with Gasteiger partial charge in [0, 0.05) is 43.7 Å². The van der Waals surface area contributed by atoms with Crippen molar-refractivity contribution in [1.82, 2.24) is 14.9 Å². The van der Waals surface area contributed by atoms with Gasteiger partial charge in [-0.25, -0.2) is 23.2 Å². The first-order chi connectivity index (χ1) is 13.2. The maximum atomic E-state index is 11.9. The lowest BCUT2D eigenvalue weighted by atomic mass is 10.2. The van der Waals surface area contributed by atoms with Gasteiger partial charge in [0.2, 0.25) is 0 Å². The molecular formula is C18H25N5O4S. The van der Waals surface area contributed by atoms with E-state index in [0.29, 0.717) is 35.1 Å². The number of benzene rings is 1. The fraction of sp³-hybridized carbons (Fsp3) is 0.389. The van der Waals surface area contributed by atoms with Gasteiger partial charge in [0.1, 0.15) is 5.82 Å². The molecule has 2 aromatic rings. The van der Waals surface area contributed by atoms with Crippen LogP contribution < -0.4 is 10.6 Å². The maximum Gasteiger partial charge on any atom is 0.321 e. The molecule has 3 N–H and O–H groups in total. The Balaban J connectivity index is 2.29. The first kappa shape index (κ1) is 21.6. The molecule has 1 aromatic carbocycles. The lowest BCUT2D eigenvalue weighted by molar-refractivity contribution is 0.224. The number of sulfone groups is 1. The van der Waals surface area contributed by atoms with Gasteiger partial charge in [-0.05, 0) is 31.2 Å². The highest BCUT2D eigenvalue weighted by Gasteiger charge is 2.12. The zero-order valence-electron chi connectivity index (χ0n) is 16.1. The van der Waals surface area contributed by atoms with Crippen molar-refractivity contribution in [2.24, 2.45) is 0 Å². The number of hydrogen-bond donors (Lipinski definition) is 3. The van der Waals surface area contributed by atoms with E-state index in [1.807, 2.05) is 6.92 Å². The monoisotopic (exact) mass is 407 g/mol. The summed E-state index contributed by atoms with van der Waals surface area (Å²) in [7, 11) is -1.56. The van der Waals surface area contributed by atoms with E-state index in [1.165, 1.54) is 0 Å². The molecule has 10 heteroatoms. The van der Waals surface area contributed by atoms with Gasteiger partial charge in [-0.3, -0.25) is 0 Å². The molecule has 0 bridgehead atoms. The molecule has 0 aliphatic carbocycles. The van der Waals surface area contributed by atoms with Crippen LogP contribution in [0.25, 0.3) is 11.4 Å². The van der Waals surface area contributed by atoms with E-state index in [0.717, 1.165) is 6.26 Å². The number of aromatic nitrogens is 2. The Morgan fingerprint density at radius 3 is 2.46 bits per heavy atom. The molecule has 0 aliphatic heterocycles. The number of nitrogens with zero attached hydrogens (tertiary/aromatic N) is 3. The molecule has 0 atom stereocenters. The van der Waals surface area contributed by atoms with Gasteiger partial charge in [0.25, 0.3) is 0 Å². The zero-order chi connectivity index (χ0) is 20.7. The Hall–Kier alpha value is -2.72. The predicted octanol–water partition coefficient (Wildman–Crippen LogP) is 1.58. The number of nitrogens with one attached hydrogen (secondary N) is 2. The number of hydrogen-bond acceptors (Lipinski definition) is 7. The number of aliphatic hydroxyl groups is 1. The molecule has 0 unspecified atom stereocenters. The highest BCUT2D eigenvalue weighted by Crippen LogP contribution is 2.21. The van der Waals surface area contributed by atoms with Gasteiger partial charge in [-0.2, -0.15) is 0 Å². The van der Waals surface area contributed by atoms with Gasteiger partial charge in [-0.1, -0.05) is 0 Å². The van der Waals surface area contributed by atoms with E-state index >= 15 is 0 Å². The van der Waals surface area contributed by atoms with Crippen molar-refractivity contribution in [1.29, 1.82) is 0 Å². The van der Waals surface area contributed by atoms with E-state index in [-0.39, 0.29) is 24.9 Å². The molecule has 0 aliphatic rings. The average Bonchev–Trinajstić information content (AvgIpc) is 2.64. The first-order valence-electron chi connectivity index (χ1n) is 8.75. The topological polar surface area (TPSA) is 125 Å². The van der Waals surface area contributed by atoms with E-state index in [9.17, 15) is 13.2 Å². The van der Waals surface area contributed by atoms with Crippen LogP contribution in [-0.2, 0) is 15.6 Å². The zero-order valence-corrected chi connectivity index (χ0v) is 17.0. The molecule has 9 nitrogen and oxygen atoms in total. The predicted molar refractivity (Wildman–Crippen MR) is 109 cm³/mol. The Morgan fingerprint density at radius 1 is 1.21 bits per heavy atom. The van der Waals surface area contributed by atoms with E-state index < -0.39 is 9.84 Å². The summed E-state index contributed by atoms with van der Waals surface area (Å²) in [5.74, 6) is 0.568. The minimum absolute atomic E-state index is 0.0820. The number of rotatable bonds is 8. The third-order valence-electron chi connectivity index (χ3n) is 3.82. The highest BCUT2D eigenvalue weighted by atomic mass is 32.2. The quantitative estimate of drug-likeness (QED) is 0.607. The fourth-order valence-electron chi connectivity index (χ4n) is 2.31. The van der Waals surface area contributed by atoms with Crippen LogP contribution in [0.4, 0.5) is 16.3 Å². The molecule has 2 rings (SSSR count). The summed E-state index contributed by atoms with van der Waals surface area (Å²) in [6.45, 7) is 2.67. The van der Waals surface area contributed by atoms with Crippen LogP contribution in [0.1, 0.15) is 12.6 Å². The van der Waals surface area contributed by atoms with Crippen molar-refractivity contribution < 1.29 is 18.3 Å². The van der Waals surface area contributed by atoms with Crippen molar-refractivity contribution in [2.45, 2.75) is 12.7 Å². The van der Waals surface area contributed by atoms with Crippen LogP contribution in [0.5, 0.6) is 0 Å². The smallest absolute Gasteiger partial charge is 0.321 e. The number of urea groups is 1. The largest absolute Gasteiger partial charge is 0.395 e. The standard InChI is InChI=1S/C18H25N5O4S/c1-4-23(2)18(25)21-14-7-5-13(6-8-14)17-20-15(12-28(3,26)27)11-16(22-17)19-9-10-24/h5-8,11,24H,4,9-10,12H2,1-3H3,(H,21,25)(H,19,20,22). The van der Waals surface area contributed by atoms with Gasteiger partial charge in [0.15, 0.2) is 15.7 Å². The van der Waals surface area contributed by atoms with Crippen molar-refractivity contribution >= 4 is 27.4 Å². The third kappa shape index (κ3) is 6.46. The van der Waals surface area contributed by atoms with Crippen LogP contribution in [0.2, 0.25) is 0 Å². The Labute approximate surface area is 164 Å². The van der Waals surface area contributed by atoms with Gasteiger partial charge >= 0.3 is 6.03 Å². The summed E-state index contributed by atoms with van der Waals surface area (Å²) in [6.07, 6.45) is 1.14. The van der Waals surface area contributed by atoms with Crippen LogP contribution >= 0.6 is 0 Å². The SMILES string of the molecule is CCN(C)C(=O)Nc1ccc(-c2nc(CS(C)(=O)=O)cc(NCCO)n2)cc1. The first-order valence-corrected chi connectivity index (χ1v) is 10.8. The van der Waals surface area contributed by atoms with Crippen molar-refractivity contribution in [3.05, 3.63) is 36.0 Å². The molecule has 28 heavy (non-hydrogen) atoms. The molecule has 2 amide bonds. The normalized spacial score (nSPS) is 11.1. The Morgan fingerprint density at radius 2 is 1.89 bits per heavy atom. The third-order valence-corrected chi connectivity index (χ3v) is 4.64. The molecule has 0 spiro atoms. The van der Waals surface area contributed by atoms with Gasteiger partial charge in [0.05, 0.1) is 18.1 Å².